The van der Waals surface area contributed by atoms with Gasteiger partial charge in [-0.05, 0) is 45.2 Å². The molecule has 1 fully saturated rings. The highest BCUT2D eigenvalue weighted by Gasteiger charge is 2.28. The van der Waals surface area contributed by atoms with Gasteiger partial charge in [-0.2, -0.15) is 0 Å². The second-order valence-corrected chi connectivity index (χ2v) is 6.47. The van der Waals surface area contributed by atoms with Gasteiger partial charge in [0.15, 0.2) is 0 Å². The molecule has 1 aliphatic rings. The first-order chi connectivity index (χ1) is 9.54. The number of rotatable bonds is 8. The van der Waals surface area contributed by atoms with E-state index in [1.165, 1.54) is 19.3 Å². The number of hydrogen-bond donors (Lipinski definition) is 2. The zero-order valence-electron chi connectivity index (χ0n) is 13.7. The van der Waals surface area contributed by atoms with Crippen LogP contribution < -0.4 is 10.6 Å². The lowest BCUT2D eigenvalue weighted by molar-refractivity contribution is -0.123. The molecule has 2 N–H and O–H groups in total. The fourth-order valence-electron chi connectivity index (χ4n) is 2.85. The van der Waals surface area contributed by atoms with Crippen molar-refractivity contribution in [3.63, 3.8) is 0 Å². The first kappa shape index (κ1) is 17.4. The molecular formula is C16H33N3O. The van der Waals surface area contributed by atoms with Crippen LogP contribution in [0.15, 0.2) is 0 Å². The summed E-state index contributed by atoms with van der Waals surface area (Å²) in [5.41, 5.74) is 0. The summed E-state index contributed by atoms with van der Waals surface area (Å²) in [6, 6.07) is 0.966. The summed E-state index contributed by atoms with van der Waals surface area (Å²) in [5.74, 6) is 0.689. The predicted molar refractivity (Wildman–Crippen MR) is 84.8 cm³/mol. The summed E-state index contributed by atoms with van der Waals surface area (Å²) >= 11 is 0. The predicted octanol–water partition coefficient (Wildman–Crippen LogP) is 2.00. The molecule has 0 aromatic rings. The number of nitrogens with one attached hydrogen (secondary N) is 2. The van der Waals surface area contributed by atoms with Crippen LogP contribution in [-0.2, 0) is 4.79 Å². The highest BCUT2D eigenvalue weighted by Crippen LogP contribution is 2.19. The summed E-state index contributed by atoms with van der Waals surface area (Å²) in [4.78, 5) is 14.4. The Bertz CT molecular complexity index is 281. The minimum atomic E-state index is 0.174. The summed E-state index contributed by atoms with van der Waals surface area (Å²) in [6.07, 6.45) is 4.86. The van der Waals surface area contributed by atoms with E-state index in [2.05, 4.69) is 43.2 Å². The van der Waals surface area contributed by atoms with Crippen LogP contribution in [-0.4, -0.2) is 49.1 Å². The summed E-state index contributed by atoms with van der Waals surface area (Å²) in [5, 5.41) is 6.61. The topological polar surface area (TPSA) is 44.4 Å². The number of likely N-dealkylation sites (tertiary alicyclic amines) is 1. The van der Waals surface area contributed by atoms with E-state index in [9.17, 15) is 4.79 Å². The molecule has 1 rings (SSSR count). The quantitative estimate of drug-likeness (QED) is 0.716. The number of carbonyl (C=O) groups is 1. The third kappa shape index (κ3) is 6.23. The van der Waals surface area contributed by atoms with Crippen molar-refractivity contribution in [1.29, 1.82) is 0 Å². The third-order valence-corrected chi connectivity index (χ3v) is 4.01. The van der Waals surface area contributed by atoms with E-state index in [0.29, 0.717) is 24.5 Å². The second kappa shape index (κ2) is 9.35. The van der Waals surface area contributed by atoms with Crippen LogP contribution >= 0.6 is 0 Å². The van der Waals surface area contributed by atoms with Gasteiger partial charge in [0.05, 0.1) is 6.54 Å². The molecule has 4 heteroatoms. The van der Waals surface area contributed by atoms with Crippen molar-refractivity contribution in [3.8, 4) is 0 Å². The largest absolute Gasteiger partial charge is 0.355 e. The highest BCUT2D eigenvalue weighted by atomic mass is 16.2. The van der Waals surface area contributed by atoms with Crippen molar-refractivity contribution >= 4 is 5.91 Å². The number of amides is 1. The Morgan fingerprint density at radius 3 is 2.70 bits per heavy atom. The molecule has 118 valence electrons. The van der Waals surface area contributed by atoms with E-state index in [1.807, 2.05) is 0 Å². The molecule has 0 aromatic heterocycles. The Labute approximate surface area is 124 Å². The lowest BCUT2D eigenvalue weighted by Gasteiger charge is -2.39. The molecule has 1 aliphatic heterocycles. The molecule has 2 atom stereocenters. The first-order valence-corrected chi connectivity index (χ1v) is 8.28. The van der Waals surface area contributed by atoms with Crippen LogP contribution in [0.5, 0.6) is 0 Å². The van der Waals surface area contributed by atoms with Crippen LogP contribution in [0.2, 0.25) is 0 Å². The van der Waals surface area contributed by atoms with Gasteiger partial charge in [0.25, 0.3) is 0 Å². The van der Waals surface area contributed by atoms with Gasteiger partial charge in [0, 0.05) is 18.6 Å². The normalized spacial score (nSPS) is 21.9. The Kier molecular flexibility index (Phi) is 8.15. The molecule has 1 saturated heterocycles. The maximum atomic E-state index is 12.0. The van der Waals surface area contributed by atoms with E-state index >= 15 is 0 Å². The fraction of sp³-hybridized carbons (Fsp3) is 0.938. The Hall–Kier alpha value is -0.610. The molecular weight excluding hydrogens is 250 g/mol. The monoisotopic (exact) mass is 283 g/mol. The SMILES string of the molecule is CCCNC(C)C1CCCCN1CC(=O)NCC(C)C. The van der Waals surface area contributed by atoms with E-state index < -0.39 is 0 Å². The Balaban J connectivity index is 2.44. The van der Waals surface area contributed by atoms with Gasteiger partial charge in [0.2, 0.25) is 5.91 Å². The van der Waals surface area contributed by atoms with Crippen LogP contribution in [0, 0.1) is 5.92 Å². The van der Waals surface area contributed by atoms with E-state index in [4.69, 9.17) is 0 Å². The zero-order chi connectivity index (χ0) is 15.0. The van der Waals surface area contributed by atoms with Gasteiger partial charge in [-0.1, -0.05) is 27.2 Å². The molecule has 0 bridgehead atoms. The van der Waals surface area contributed by atoms with E-state index in [-0.39, 0.29) is 5.91 Å². The van der Waals surface area contributed by atoms with Crippen molar-refractivity contribution in [2.24, 2.45) is 5.92 Å². The van der Waals surface area contributed by atoms with Crippen molar-refractivity contribution < 1.29 is 4.79 Å². The molecule has 0 aromatic carbocycles. The minimum absolute atomic E-state index is 0.174. The number of carbonyl (C=O) groups excluding carboxylic acids is 1. The molecule has 0 saturated carbocycles. The average molecular weight is 283 g/mol. The zero-order valence-corrected chi connectivity index (χ0v) is 13.7. The van der Waals surface area contributed by atoms with Gasteiger partial charge in [0.1, 0.15) is 0 Å². The fourth-order valence-corrected chi connectivity index (χ4v) is 2.85. The summed E-state index contributed by atoms with van der Waals surface area (Å²) in [6.45, 7) is 12.1. The molecule has 1 heterocycles. The molecule has 20 heavy (non-hydrogen) atoms. The van der Waals surface area contributed by atoms with Crippen molar-refractivity contribution in [3.05, 3.63) is 0 Å². The lowest BCUT2D eigenvalue weighted by Crippen LogP contribution is -2.53. The third-order valence-electron chi connectivity index (χ3n) is 4.01. The van der Waals surface area contributed by atoms with Gasteiger partial charge < -0.3 is 10.6 Å². The molecule has 0 aliphatic carbocycles. The molecule has 0 radical (unpaired) electrons. The average Bonchev–Trinajstić information content (AvgIpc) is 2.43. The van der Waals surface area contributed by atoms with Crippen molar-refractivity contribution in [2.45, 2.75) is 65.5 Å². The van der Waals surface area contributed by atoms with Crippen molar-refractivity contribution in [1.82, 2.24) is 15.5 Å². The Morgan fingerprint density at radius 1 is 1.30 bits per heavy atom. The minimum Gasteiger partial charge on any atom is -0.355 e. The number of nitrogens with zero attached hydrogens (tertiary/aromatic N) is 1. The summed E-state index contributed by atoms with van der Waals surface area (Å²) in [7, 11) is 0. The van der Waals surface area contributed by atoms with Gasteiger partial charge in [-0.15, -0.1) is 0 Å². The second-order valence-electron chi connectivity index (χ2n) is 6.47. The standard InChI is InChI=1S/C16H33N3O/c1-5-9-17-14(4)15-8-6-7-10-19(15)12-16(20)18-11-13(2)3/h13-15,17H,5-12H2,1-4H3,(H,18,20). The first-order valence-electron chi connectivity index (χ1n) is 8.28. The maximum Gasteiger partial charge on any atom is 0.234 e. The van der Waals surface area contributed by atoms with Crippen LogP contribution in [0.3, 0.4) is 0 Å². The highest BCUT2D eigenvalue weighted by molar-refractivity contribution is 5.78. The smallest absolute Gasteiger partial charge is 0.234 e. The van der Waals surface area contributed by atoms with Crippen LogP contribution in [0.25, 0.3) is 0 Å². The van der Waals surface area contributed by atoms with E-state index in [1.54, 1.807) is 0 Å². The van der Waals surface area contributed by atoms with Crippen LogP contribution in [0.1, 0.15) is 53.4 Å². The molecule has 1 amide bonds. The molecule has 0 spiro atoms. The molecule has 4 nitrogen and oxygen atoms in total. The summed E-state index contributed by atoms with van der Waals surface area (Å²) < 4.78 is 0. The van der Waals surface area contributed by atoms with Crippen LogP contribution in [0.4, 0.5) is 0 Å². The van der Waals surface area contributed by atoms with Gasteiger partial charge >= 0.3 is 0 Å². The van der Waals surface area contributed by atoms with Gasteiger partial charge in [-0.3, -0.25) is 9.69 Å². The molecule has 2 unspecified atom stereocenters. The number of hydrogen-bond acceptors (Lipinski definition) is 3. The number of piperidine rings is 1. The lowest BCUT2D eigenvalue weighted by atomic mass is 9.96. The Morgan fingerprint density at radius 2 is 2.05 bits per heavy atom. The maximum absolute atomic E-state index is 12.0. The van der Waals surface area contributed by atoms with E-state index in [0.717, 1.165) is 26.1 Å². The van der Waals surface area contributed by atoms with Gasteiger partial charge in [-0.25, -0.2) is 0 Å². The van der Waals surface area contributed by atoms with Crippen molar-refractivity contribution in [2.75, 3.05) is 26.2 Å².